The zero-order valence-corrected chi connectivity index (χ0v) is 12.4. The maximum atomic E-state index is 11.8. The third kappa shape index (κ3) is 3.46. The van der Waals surface area contributed by atoms with Gasteiger partial charge in [-0.05, 0) is 30.2 Å². The van der Waals surface area contributed by atoms with Crippen LogP contribution in [0.2, 0.25) is 0 Å². The zero-order chi connectivity index (χ0) is 16.1. The number of rotatable bonds is 6. The summed E-state index contributed by atoms with van der Waals surface area (Å²) in [5.74, 6) is 0.173. The van der Waals surface area contributed by atoms with E-state index in [2.05, 4.69) is 0 Å². The Balaban J connectivity index is 2.13. The molecule has 1 N–H and O–H groups in total. The number of carboxylic acids is 1. The van der Waals surface area contributed by atoms with E-state index in [9.17, 15) is 9.59 Å². The largest absolute Gasteiger partial charge is 0.493 e. The summed E-state index contributed by atoms with van der Waals surface area (Å²) >= 11 is 0. The smallest absolute Gasteiger partial charge is 0.335 e. The van der Waals surface area contributed by atoms with Crippen LogP contribution in [0.15, 0.2) is 41.3 Å². The number of nitrogens with zero attached hydrogens (tertiary/aromatic N) is 1. The highest BCUT2D eigenvalue weighted by Crippen LogP contribution is 2.27. The van der Waals surface area contributed by atoms with E-state index >= 15 is 0 Å². The number of hydrogen-bond donors (Lipinski definition) is 1. The summed E-state index contributed by atoms with van der Waals surface area (Å²) in [5, 5.41) is 8.84. The van der Waals surface area contributed by atoms with E-state index in [0.717, 1.165) is 11.6 Å². The molecule has 0 amide bonds. The van der Waals surface area contributed by atoms with Crippen LogP contribution in [0.5, 0.6) is 11.5 Å². The van der Waals surface area contributed by atoms with Crippen LogP contribution in [0.3, 0.4) is 0 Å². The molecule has 0 atom stereocenters. The van der Waals surface area contributed by atoms with E-state index in [1.807, 2.05) is 18.2 Å². The summed E-state index contributed by atoms with van der Waals surface area (Å²) in [6.07, 6.45) is 2.11. The Labute approximate surface area is 127 Å². The van der Waals surface area contributed by atoms with E-state index in [4.69, 9.17) is 14.6 Å². The molecule has 2 rings (SSSR count). The van der Waals surface area contributed by atoms with Gasteiger partial charge in [0.15, 0.2) is 11.5 Å². The van der Waals surface area contributed by atoms with Crippen molar-refractivity contribution in [1.82, 2.24) is 4.57 Å². The summed E-state index contributed by atoms with van der Waals surface area (Å²) in [6.45, 7) is 0.453. The summed E-state index contributed by atoms with van der Waals surface area (Å²) in [5.41, 5.74) is 0.652. The van der Waals surface area contributed by atoms with Crippen LogP contribution in [0.1, 0.15) is 15.9 Å². The van der Waals surface area contributed by atoms with Gasteiger partial charge >= 0.3 is 5.97 Å². The van der Waals surface area contributed by atoms with Gasteiger partial charge in [0.05, 0.1) is 19.8 Å². The van der Waals surface area contributed by atoms with Gasteiger partial charge in [-0.15, -0.1) is 0 Å². The van der Waals surface area contributed by atoms with Crippen LogP contribution < -0.4 is 15.0 Å². The monoisotopic (exact) mass is 303 g/mol. The maximum absolute atomic E-state index is 11.8. The minimum atomic E-state index is -1.11. The van der Waals surface area contributed by atoms with Crippen molar-refractivity contribution in [1.29, 1.82) is 0 Å². The summed E-state index contributed by atoms with van der Waals surface area (Å²) < 4.78 is 11.9. The standard InChI is InChI=1S/C16H17NO5/c1-21-13-4-3-11(9-14(13)22-2)5-7-17-8-6-12(16(19)20)10-15(17)18/h3-4,6,8-10H,5,7H2,1-2H3,(H,19,20). The first-order valence-corrected chi connectivity index (χ1v) is 6.70. The summed E-state index contributed by atoms with van der Waals surface area (Å²) in [4.78, 5) is 22.6. The lowest BCUT2D eigenvalue weighted by Gasteiger charge is -2.10. The van der Waals surface area contributed by atoms with E-state index in [0.29, 0.717) is 24.5 Å². The summed E-state index contributed by atoms with van der Waals surface area (Å²) in [6, 6.07) is 8.10. The third-order valence-electron chi connectivity index (χ3n) is 3.33. The van der Waals surface area contributed by atoms with Crippen LogP contribution in [-0.4, -0.2) is 29.9 Å². The number of benzene rings is 1. The van der Waals surface area contributed by atoms with Crippen molar-refractivity contribution in [2.45, 2.75) is 13.0 Å². The van der Waals surface area contributed by atoms with E-state index in [-0.39, 0.29) is 11.1 Å². The van der Waals surface area contributed by atoms with Gasteiger partial charge in [0.2, 0.25) is 0 Å². The summed E-state index contributed by atoms with van der Waals surface area (Å²) in [7, 11) is 3.14. The Bertz CT molecular complexity index is 736. The Morgan fingerprint density at radius 1 is 1.14 bits per heavy atom. The first kappa shape index (κ1) is 15.6. The van der Waals surface area contributed by atoms with Crippen molar-refractivity contribution in [3.8, 4) is 11.5 Å². The lowest BCUT2D eigenvalue weighted by Crippen LogP contribution is -2.21. The average Bonchev–Trinajstić information content (AvgIpc) is 2.53. The van der Waals surface area contributed by atoms with E-state index < -0.39 is 5.97 Å². The minimum Gasteiger partial charge on any atom is -0.493 e. The highest BCUT2D eigenvalue weighted by Gasteiger charge is 2.07. The topological polar surface area (TPSA) is 77.8 Å². The molecule has 0 fully saturated rings. The van der Waals surface area contributed by atoms with Crippen LogP contribution in [0.25, 0.3) is 0 Å². The van der Waals surface area contributed by atoms with Crippen molar-refractivity contribution in [2.75, 3.05) is 14.2 Å². The molecule has 1 heterocycles. The Morgan fingerprint density at radius 3 is 2.45 bits per heavy atom. The maximum Gasteiger partial charge on any atom is 0.335 e. The molecule has 22 heavy (non-hydrogen) atoms. The van der Waals surface area contributed by atoms with E-state index in [1.54, 1.807) is 14.2 Å². The second-order valence-electron chi connectivity index (χ2n) is 4.69. The Kier molecular flexibility index (Phi) is 4.83. The zero-order valence-electron chi connectivity index (χ0n) is 12.4. The number of carboxylic acid groups (broad SMARTS) is 1. The fraction of sp³-hybridized carbons (Fsp3) is 0.250. The quantitative estimate of drug-likeness (QED) is 0.880. The van der Waals surface area contributed by atoms with Gasteiger partial charge in [0, 0.05) is 18.8 Å². The molecule has 1 aromatic carbocycles. The van der Waals surface area contributed by atoms with Crippen LogP contribution in [-0.2, 0) is 13.0 Å². The second-order valence-corrected chi connectivity index (χ2v) is 4.69. The molecule has 0 saturated heterocycles. The SMILES string of the molecule is COc1ccc(CCn2ccc(C(=O)O)cc2=O)cc1OC. The van der Waals surface area contributed by atoms with Gasteiger partial charge in [-0.1, -0.05) is 6.07 Å². The fourth-order valence-electron chi connectivity index (χ4n) is 2.11. The molecule has 0 radical (unpaired) electrons. The highest BCUT2D eigenvalue weighted by molar-refractivity contribution is 5.87. The molecule has 2 aromatic rings. The normalized spacial score (nSPS) is 10.3. The number of aromatic nitrogens is 1. The second kappa shape index (κ2) is 6.80. The molecule has 0 bridgehead atoms. The number of methoxy groups -OCH3 is 2. The lowest BCUT2D eigenvalue weighted by molar-refractivity contribution is 0.0696. The molecule has 0 spiro atoms. The number of hydrogen-bond acceptors (Lipinski definition) is 4. The molecule has 6 nitrogen and oxygen atoms in total. The molecule has 116 valence electrons. The molecule has 0 aliphatic rings. The Hall–Kier alpha value is -2.76. The molecule has 0 saturated carbocycles. The molecule has 0 aliphatic carbocycles. The van der Waals surface area contributed by atoms with Gasteiger partial charge in [0.25, 0.3) is 5.56 Å². The minimum absolute atomic E-state index is 0.00707. The predicted molar refractivity (Wildman–Crippen MR) is 80.9 cm³/mol. The molecular formula is C16H17NO5. The molecule has 1 aromatic heterocycles. The van der Waals surface area contributed by atoms with Crippen LogP contribution >= 0.6 is 0 Å². The molecular weight excluding hydrogens is 286 g/mol. The first-order valence-electron chi connectivity index (χ1n) is 6.70. The number of pyridine rings is 1. The number of aromatic carboxylic acids is 1. The van der Waals surface area contributed by atoms with Crippen LogP contribution in [0, 0.1) is 0 Å². The number of carbonyl (C=O) groups is 1. The number of aryl methyl sites for hydroxylation is 2. The van der Waals surface area contributed by atoms with Crippen LogP contribution in [0.4, 0.5) is 0 Å². The highest BCUT2D eigenvalue weighted by atomic mass is 16.5. The first-order chi connectivity index (χ1) is 10.5. The van der Waals surface area contributed by atoms with E-state index in [1.165, 1.54) is 16.8 Å². The van der Waals surface area contributed by atoms with Crippen molar-refractivity contribution < 1.29 is 19.4 Å². The molecule has 0 unspecified atom stereocenters. The van der Waals surface area contributed by atoms with Crippen molar-refractivity contribution in [3.63, 3.8) is 0 Å². The van der Waals surface area contributed by atoms with Gasteiger partial charge in [0.1, 0.15) is 0 Å². The fourth-order valence-corrected chi connectivity index (χ4v) is 2.11. The number of ether oxygens (including phenoxy) is 2. The third-order valence-corrected chi connectivity index (χ3v) is 3.33. The molecule has 6 heteroatoms. The average molecular weight is 303 g/mol. The van der Waals surface area contributed by atoms with Gasteiger partial charge in [-0.2, -0.15) is 0 Å². The van der Waals surface area contributed by atoms with Gasteiger partial charge in [-0.25, -0.2) is 4.79 Å². The molecule has 0 aliphatic heterocycles. The van der Waals surface area contributed by atoms with Crippen molar-refractivity contribution in [2.24, 2.45) is 0 Å². The van der Waals surface area contributed by atoms with Gasteiger partial charge in [-0.3, -0.25) is 4.79 Å². The van der Waals surface area contributed by atoms with Crippen molar-refractivity contribution in [3.05, 3.63) is 58.0 Å². The predicted octanol–water partition coefficient (Wildman–Crippen LogP) is 1.81. The lowest BCUT2D eigenvalue weighted by atomic mass is 10.1. The van der Waals surface area contributed by atoms with Crippen molar-refractivity contribution >= 4 is 5.97 Å². The Morgan fingerprint density at radius 2 is 1.86 bits per heavy atom. The van der Waals surface area contributed by atoms with Gasteiger partial charge < -0.3 is 19.1 Å².